The summed E-state index contributed by atoms with van der Waals surface area (Å²) in [4.78, 5) is 14.9. The first-order valence-corrected chi connectivity index (χ1v) is 4.94. The SMILES string of the molecule is CCOC(=O)c1ncc(C#N)c(Cl)c1C(F)F. The van der Waals surface area contributed by atoms with Gasteiger partial charge in [0.2, 0.25) is 0 Å². The van der Waals surface area contributed by atoms with Gasteiger partial charge < -0.3 is 4.74 Å². The maximum Gasteiger partial charge on any atom is 0.357 e. The monoisotopic (exact) mass is 260 g/mol. The van der Waals surface area contributed by atoms with Crippen LogP contribution in [-0.4, -0.2) is 17.6 Å². The Kier molecular flexibility index (Phi) is 4.35. The van der Waals surface area contributed by atoms with Crippen molar-refractivity contribution in [3.63, 3.8) is 0 Å². The Labute approximate surface area is 101 Å². The van der Waals surface area contributed by atoms with Crippen LogP contribution in [0.25, 0.3) is 0 Å². The second-order valence-electron chi connectivity index (χ2n) is 2.88. The highest BCUT2D eigenvalue weighted by atomic mass is 35.5. The fraction of sp³-hybridized carbons (Fsp3) is 0.300. The van der Waals surface area contributed by atoms with Crippen molar-refractivity contribution in [2.75, 3.05) is 6.61 Å². The molecule has 0 saturated carbocycles. The number of hydrogen-bond acceptors (Lipinski definition) is 4. The van der Waals surface area contributed by atoms with Gasteiger partial charge in [-0.05, 0) is 6.92 Å². The average Bonchev–Trinajstić information content (AvgIpc) is 2.28. The lowest BCUT2D eigenvalue weighted by Gasteiger charge is -2.09. The number of carbonyl (C=O) groups excluding carboxylic acids is 1. The summed E-state index contributed by atoms with van der Waals surface area (Å²) in [7, 11) is 0. The molecule has 1 rings (SSSR count). The largest absolute Gasteiger partial charge is 0.461 e. The lowest BCUT2D eigenvalue weighted by Crippen LogP contribution is -2.12. The van der Waals surface area contributed by atoms with Crippen molar-refractivity contribution in [3.05, 3.63) is 28.0 Å². The van der Waals surface area contributed by atoms with E-state index >= 15 is 0 Å². The number of ether oxygens (including phenoxy) is 1. The predicted molar refractivity (Wildman–Crippen MR) is 54.9 cm³/mol. The second-order valence-corrected chi connectivity index (χ2v) is 3.26. The number of nitriles is 1. The summed E-state index contributed by atoms with van der Waals surface area (Å²) in [6.45, 7) is 1.56. The molecular weight excluding hydrogens is 254 g/mol. The molecule has 0 radical (unpaired) electrons. The summed E-state index contributed by atoms with van der Waals surface area (Å²) in [6, 6.07) is 1.61. The molecule has 0 aromatic carbocycles. The zero-order valence-corrected chi connectivity index (χ0v) is 9.46. The standard InChI is InChI=1S/C10H7ClF2N2O2/c1-2-17-10(16)8-6(9(12)13)7(11)5(3-14)4-15-8/h4,9H,2H2,1H3. The maximum atomic E-state index is 12.8. The Morgan fingerprint density at radius 2 is 2.35 bits per heavy atom. The van der Waals surface area contributed by atoms with E-state index in [1.165, 1.54) is 6.92 Å². The topological polar surface area (TPSA) is 63.0 Å². The minimum Gasteiger partial charge on any atom is -0.461 e. The maximum absolute atomic E-state index is 12.8. The van der Waals surface area contributed by atoms with Crippen LogP contribution in [0.1, 0.15) is 35.0 Å². The van der Waals surface area contributed by atoms with Gasteiger partial charge in [-0.25, -0.2) is 18.6 Å². The molecule has 0 amide bonds. The van der Waals surface area contributed by atoms with Gasteiger partial charge in [0.25, 0.3) is 6.43 Å². The van der Waals surface area contributed by atoms with Crippen molar-refractivity contribution in [2.24, 2.45) is 0 Å². The third-order valence-corrected chi connectivity index (χ3v) is 2.27. The Balaban J connectivity index is 3.37. The first-order chi connectivity index (χ1) is 8.02. The Morgan fingerprint density at radius 1 is 1.71 bits per heavy atom. The molecule has 0 unspecified atom stereocenters. The molecule has 0 saturated heterocycles. The number of halogens is 3. The van der Waals surface area contributed by atoms with Crippen molar-refractivity contribution >= 4 is 17.6 Å². The number of esters is 1. The first kappa shape index (κ1) is 13.3. The summed E-state index contributed by atoms with van der Waals surface area (Å²) < 4.78 is 30.1. The van der Waals surface area contributed by atoms with Crippen LogP contribution in [0.3, 0.4) is 0 Å². The van der Waals surface area contributed by atoms with Gasteiger partial charge in [-0.15, -0.1) is 0 Å². The van der Waals surface area contributed by atoms with E-state index in [9.17, 15) is 13.6 Å². The van der Waals surface area contributed by atoms with E-state index < -0.39 is 28.7 Å². The van der Waals surface area contributed by atoms with Gasteiger partial charge in [0.05, 0.1) is 22.8 Å². The number of alkyl halides is 2. The van der Waals surface area contributed by atoms with Gasteiger partial charge >= 0.3 is 5.97 Å². The zero-order valence-electron chi connectivity index (χ0n) is 8.71. The zero-order chi connectivity index (χ0) is 13.0. The summed E-state index contributed by atoms with van der Waals surface area (Å²) in [5.41, 5.74) is -1.55. The van der Waals surface area contributed by atoms with Gasteiger partial charge in [0, 0.05) is 6.20 Å². The molecule has 4 nitrogen and oxygen atoms in total. The summed E-state index contributed by atoms with van der Waals surface area (Å²) in [6.07, 6.45) is -2.05. The van der Waals surface area contributed by atoms with Crippen LogP contribution in [0.15, 0.2) is 6.20 Å². The molecule has 1 aromatic heterocycles. The number of aromatic nitrogens is 1. The minimum atomic E-state index is -3.01. The van der Waals surface area contributed by atoms with E-state index in [1.54, 1.807) is 6.07 Å². The van der Waals surface area contributed by atoms with E-state index in [-0.39, 0.29) is 12.2 Å². The van der Waals surface area contributed by atoms with Crippen LogP contribution >= 0.6 is 11.6 Å². The van der Waals surface area contributed by atoms with Crippen LogP contribution in [0.5, 0.6) is 0 Å². The van der Waals surface area contributed by atoms with Gasteiger partial charge in [-0.2, -0.15) is 5.26 Å². The number of carbonyl (C=O) groups is 1. The van der Waals surface area contributed by atoms with E-state index in [0.717, 1.165) is 6.20 Å². The fourth-order valence-electron chi connectivity index (χ4n) is 1.14. The third-order valence-electron chi connectivity index (χ3n) is 1.86. The highest BCUT2D eigenvalue weighted by Gasteiger charge is 2.26. The van der Waals surface area contributed by atoms with Gasteiger partial charge in [0.1, 0.15) is 6.07 Å². The lowest BCUT2D eigenvalue weighted by molar-refractivity contribution is 0.0507. The smallest absolute Gasteiger partial charge is 0.357 e. The normalized spacial score (nSPS) is 10.1. The third kappa shape index (κ3) is 2.68. The molecule has 0 aliphatic carbocycles. The molecule has 0 spiro atoms. The van der Waals surface area contributed by atoms with E-state index in [0.29, 0.717) is 0 Å². The van der Waals surface area contributed by atoms with Crippen molar-refractivity contribution < 1.29 is 18.3 Å². The number of hydrogen-bond donors (Lipinski definition) is 0. The molecule has 7 heteroatoms. The molecular formula is C10H7ClF2N2O2. The number of pyridine rings is 1. The molecule has 90 valence electrons. The molecule has 0 atom stereocenters. The van der Waals surface area contributed by atoms with Crippen molar-refractivity contribution in [2.45, 2.75) is 13.3 Å². The molecule has 1 heterocycles. The molecule has 0 aliphatic heterocycles. The van der Waals surface area contributed by atoms with Crippen LogP contribution < -0.4 is 0 Å². The summed E-state index contributed by atoms with van der Waals surface area (Å²) >= 11 is 5.60. The lowest BCUT2D eigenvalue weighted by atomic mass is 10.1. The highest BCUT2D eigenvalue weighted by Crippen LogP contribution is 2.31. The molecule has 0 N–H and O–H groups in total. The fourth-order valence-corrected chi connectivity index (χ4v) is 1.41. The van der Waals surface area contributed by atoms with Crippen LogP contribution in [-0.2, 0) is 4.74 Å². The van der Waals surface area contributed by atoms with E-state index in [1.807, 2.05) is 0 Å². The van der Waals surface area contributed by atoms with E-state index in [4.69, 9.17) is 16.9 Å². The Morgan fingerprint density at radius 3 is 2.82 bits per heavy atom. The Bertz CT molecular complexity index is 486. The quantitative estimate of drug-likeness (QED) is 0.784. The number of nitrogens with zero attached hydrogens (tertiary/aromatic N) is 2. The van der Waals surface area contributed by atoms with Crippen LogP contribution in [0.2, 0.25) is 5.02 Å². The molecule has 0 aliphatic rings. The van der Waals surface area contributed by atoms with Crippen LogP contribution in [0.4, 0.5) is 8.78 Å². The summed E-state index contributed by atoms with van der Waals surface area (Å²) in [5.74, 6) is -0.991. The van der Waals surface area contributed by atoms with Crippen molar-refractivity contribution in [1.82, 2.24) is 4.98 Å². The number of rotatable bonds is 3. The molecule has 1 aromatic rings. The average molecular weight is 261 g/mol. The van der Waals surface area contributed by atoms with E-state index in [2.05, 4.69) is 9.72 Å². The van der Waals surface area contributed by atoms with Gasteiger partial charge in [-0.3, -0.25) is 0 Å². The summed E-state index contributed by atoms with van der Waals surface area (Å²) in [5, 5.41) is 8.15. The predicted octanol–water partition coefficient (Wildman–Crippen LogP) is 2.72. The molecule has 17 heavy (non-hydrogen) atoms. The van der Waals surface area contributed by atoms with Crippen LogP contribution in [0, 0.1) is 11.3 Å². The first-order valence-electron chi connectivity index (χ1n) is 4.56. The van der Waals surface area contributed by atoms with Gasteiger partial charge in [-0.1, -0.05) is 11.6 Å². The highest BCUT2D eigenvalue weighted by molar-refractivity contribution is 6.32. The second kappa shape index (κ2) is 5.55. The van der Waals surface area contributed by atoms with Crippen molar-refractivity contribution in [1.29, 1.82) is 5.26 Å². The van der Waals surface area contributed by atoms with Gasteiger partial charge in [0.15, 0.2) is 5.69 Å². The van der Waals surface area contributed by atoms with Crippen molar-refractivity contribution in [3.8, 4) is 6.07 Å². The molecule has 0 bridgehead atoms. The minimum absolute atomic E-state index is 0.0286. The Hall–Kier alpha value is -1.74. The molecule has 0 fully saturated rings.